The van der Waals surface area contributed by atoms with E-state index >= 15 is 0 Å². The van der Waals surface area contributed by atoms with Gasteiger partial charge in [0.05, 0.1) is 23.5 Å². The fraction of sp³-hybridized carbons (Fsp3) is 0.250. The van der Waals surface area contributed by atoms with Crippen molar-refractivity contribution in [2.75, 3.05) is 6.54 Å². The molecule has 10 heteroatoms. The molecule has 0 aliphatic rings. The van der Waals surface area contributed by atoms with Crippen LogP contribution in [0.25, 0.3) is 0 Å². The van der Waals surface area contributed by atoms with Crippen molar-refractivity contribution in [3.8, 4) is 0 Å². The van der Waals surface area contributed by atoms with Gasteiger partial charge in [0, 0.05) is 6.54 Å². The summed E-state index contributed by atoms with van der Waals surface area (Å²) in [6.45, 7) is 1.07. The summed E-state index contributed by atoms with van der Waals surface area (Å²) in [5.74, 6) is -0.279. The molecule has 0 spiro atoms. The molecule has 1 aromatic carbocycles. The van der Waals surface area contributed by atoms with E-state index in [2.05, 4.69) is 10.7 Å². The fourth-order valence-electron chi connectivity index (χ4n) is 2.19. The van der Waals surface area contributed by atoms with Gasteiger partial charge in [0.2, 0.25) is 0 Å². The van der Waals surface area contributed by atoms with E-state index in [1.165, 1.54) is 24.5 Å². The van der Waals surface area contributed by atoms with Crippen LogP contribution in [0.3, 0.4) is 0 Å². The summed E-state index contributed by atoms with van der Waals surface area (Å²) in [7, 11) is 0. The van der Waals surface area contributed by atoms with Gasteiger partial charge in [0.15, 0.2) is 0 Å². The Morgan fingerprint density at radius 1 is 1.19 bits per heavy atom. The third kappa shape index (κ3) is 4.76. The van der Waals surface area contributed by atoms with Crippen molar-refractivity contribution in [3.63, 3.8) is 0 Å². The van der Waals surface area contributed by atoms with Crippen LogP contribution in [0.4, 0.5) is 18.0 Å². The Labute approximate surface area is 146 Å². The van der Waals surface area contributed by atoms with Crippen LogP contribution >= 0.6 is 0 Å². The Morgan fingerprint density at radius 3 is 2.50 bits per heavy atom. The van der Waals surface area contributed by atoms with Crippen LogP contribution in [-0.4, -0.2) is 23.6 Å². The molecule has 4 N–H and O–H groups in total. The Hall–Kier alpha value is -3.01. The number of furan rings is 1. The minimum absolute atomic E-state index is 0.212. The molecule has 1 atom stereocenters. The fourth-order valence-corrected chi connectivity index (χ4v) is 2.19. The van der Waals surface area contributed by atoms with Gasteiger partial charge in [0.1, 0.15) is 5.76 Å². The molecule has 1 heterocycles. The van der Waals surface area contributed by atoms with Crippen molar-refractivity contribution < 1.29 is 32.3 Å². The molecule has 0 saturated carbocycles. The number of hydrogen-bond donors (Lipinski definition) is 4. The summed E-state index contributed by atoms with van der Waals surface area (Å²) in [4.78, 5) is 23.4. The molecule has 1 aromatic heterocycles. The molecule has 0 fully saturated rings. The maximum absolute atomic E-state index is 12.9. The summed E-state index contributed by atoms with van der Waals surface area (Å²) < 4.78 is 43.7. The van der Waals surface area contributed by atoms with Crippen molar-refractivity contribution in [2.45, 2.75) is 19.2 Å². The Kier molecular flexibility index (Phi) is 5.88. The van der Waals surface area contributed by atoms with Gasteiger partial charge >= 0.3 is 12.2 Å². The second-order valence-electron chi connectivity index (χ2n) is 5.28. The van der Waals surface area contributed by atoms with Gasteiger partial charge < -0.3 is 14.8 Å². The summed E-state index contributed by atoms with van der Waals surface area (Å²) >= 11 is 0. The SMILES string of the molecule is Cc1occc1C(=O)NNC(=O)NC[C@@H](O)c1ccccc1C(F)(F)F. The van der Waals surface area contributed by atoms with E-state index in [0.29, 0.717) is 5.76 Å². The standard InChI is InChI=1S/C16H16F3N3O4/c1-9-10(6-7-26-9)14(24)21-22-15(25)20-8-13(23)11-4-2-3-5-12(11)16(17,18)19/h2-7,13,23H,8H2,1H3,(H,21,24)(H2,20,22,25)/t13-/m1/s1. The van der Waals surface area contributed by atoms with Crippen molar-refractivity contribution in [2.24, 2.45) is 0 Å². The first kappa shape index (κ1) is 19.3. The van der Waals surface area contributed by atoms with Gasteiger partial charge in [-0.05, 0) is 24.6 Å². The van der Waals surface area contributed by atoms with Gasteiger partial charge in [-0.1, -0.05) is 18.2 Å². The smallest absolute Gasteiger partial charge is 0.416 e. The maximum atomic E-state index is 12.9. The minimum Gasteiger partial charge on any atom is -0.469 e. The van der Waals surface area contributed by atoms with E-state index in [-0.39, 0.29) is 11.1 Å². The number of amides is 3. The highest BCUT2D eigenvalue weighted by Gasteiger charge is 2.34. The van der Waals surface area contributed by atoms with E-state index in [4.69, 9.17) is 4.42 Å². The molecule has 140 valence electrons. The number of benzene rings is 1. The number of aliphatic hydroxyl groups is 1. The molecule has 0 unspecified atom stereocenters. The zero-order chi connectivity index (χ0) is 19.3. The molecule has 0 saturated heterocycles. The van der Waals surface area contributed by atoms with E-state index < -0.39 is 36.3 Å². The van der Waals surface area contributed by atoms with Gasteiger partial charge in [-0.15, -0.1) is 0 Å². The number of hydrogen-bond acceptors (Lipinski definition) is 4. The summed E-state index contributed by atoms with van der Waals surface area (Å²) in [6.07, 6.45) is -4.90. The van der Waals surface area contributed by atoms with Crippen molar-refractivity contribution >= 4 is 11.9 Å². The van der Waals surface area contributed by atoms with Crippen LogP contribution in [0.5, 0.6) is 0 Å². The average molecular weight is 371 g/mol. The number of hydrazine groups is 1. The number of carbonyl (C=O) groups is 2. The van der Waals surface area contributed by atoms with Crippen LogP contribution in [0, 0.1) is 6.92 Å². The number of aryl methyl sites for hydroxylation is 1. The maximum Gasteiger partial charge on any atom is 0.416 e. The summed E-state index contributed by atoms with van der Waals surface area (Å²) in [6, 6.07) is 5.02. The van der Waals surface area contributed by atoms with Crippen LogP contribution in [-0.2, 0) is 6.18 Å². The van der Waals surface area contributed by atoms with Crippen LogP contribution in [0.1, 0.15) is 33.3 Å². The van der Waals surface area contributed by atoms with Crippen molar-refractivity contribution in [1.82, 2.24) is 16.2 Å². The van der Waals surface area contributed by atoms with E-state index in [0.717, 1.165) is 12.1 Å². The summed E-state index contributed by atoms with van der Waals surface area (Å²) in [5, 5.41) is 12.1. The number of halogens is 3. The lowest BCUT2D eigenvalue weighted by atomic mass is 10.0. The number of aliphatic hydroxyl groups excluding tert-OH is 1. The second kappa shape index (κ2) is 7.91. The highest BCUT2D eigenvalue weighted by molar-refractivity contribution is 5.96. The van der Waals surface area contributed by atoms with Gasteiger partial charge in [-0.25, -0.2) is 10.2 Å². The van der Waals surface area contributed by atoms with Crippen LogP contribution in [0.15, 0.2) is 41.0 Å². The summed E-state index contributed by atoms with van der Waals surface area (Å²) in [5.41, 5.74) is 2.99. The lowest BCUT2D eigenvalue weighted by molar-refractivity contribution is -0.139. The number of rotatable bonds is 4. The van der Waals surface area contributed by atoms with E-state index in [1.807, 2.05) is 5.43 Å². The van der Waals surface area contributed by atoms with E-state index in [9.17, 15) is 27.9 Å². The quantitative estimate of drug-likeness (QED) is 0.619. The largest absolute Gasteiger partial charge is 0.469 e. The highest BCUT2D eigenvalue weighted by Crippen LogP contribution is 2.34. The normalized spacial score (nSPS) is 12.3. The third-order valence-corrected chi connectivity index (χ3v) is 3.47. The lowest BCUT2D eigenvalue weighted by Crippen LogP contribution is -2.47. The first-order valence-electron chi connectivity index (χ1n) is 7.42. The molecule has 0 aliphatic carbocycles. The van der Waals surface area contributed by atoms with E-state index in [1.54, 1.807) is 6.92 Å². The zero-order valence-electron chi connectivity index (χ0n) is 13.6. The number of nitrogens with one attached hydrogen (secondary N) is 3. The monoisotopic (exact) mass is 371 g/mol. The van der Waals surface area contributed by atoms with Crippen LogP contribution in [0.2, 0.25) is 0 Å². The van der Waals surface area contributed by atoms with Crippen LogP contribution < -0.4 is 16.2 Å². The predicted molar refractivity (Wildman–Crippen MR) is 83.8 cm³/mol. The Balaban J connectivity index is 1.88. The number of alkyl halides is 3. The molecule has 0 bridgehead atoms. The Morgan fingerprint density at radius 2 is 1.88 bits per heavy atom. The van der Waals surface area contributed by atoms with Gasteiger partial charge in [-0.3, -0.25) is 10.2 Å². The number of carbonyl (C=O) groups excluding carboxylic acids is 2. The first-order chi connectivity index (χ1) is 12.2. The number of urea groups is 1. The predicted octanol–water partition coefficient (Wildman–Crippen LogP) is 2.28. The minimum atomic E-state index is -4.63. The average Bonchev–Trinajstić information content (AvgIpc) is 3.02. The van der Waals surface area contributed by atoms with Gasteiger partial charge in [0.25, 0.3) is 5.91 Å². The zero-order valence-corrected chi connectivity index (χ0v) is 13.6. The Bertz CT molecular complexity index is 789. The molecule has 0 radical (unpaired) electrons. The molecular formula is C16H16F3N3O4. The van der Waals surface area contributed by atoms with Crippen molar-refractivity contribution in [1.29, 1.82) is 0 Å². The molecule has 7 nitrogen and oxygen atoms in total. The highest BCUT2D eigenvalue weighted by atomic mass is 19.4. The molecule has 0 aliphatic heterocycles. The molecule has 2 rings (SSSR count). The van der Waals surface area contributed by atoms with Crippen molar-refractivity contribution in [3.05, 3.63) is 59.0 Å². The molecule has 26 heavy (non-hydrogen) atoms. The molecular weight excluding hydrogens is 355 g/mol. The molecule has 2 aromatic rings. The topological polar surface area (TPSA) is 104 Å². The first-order valence-corrected chi connectivity index (χ1v) is 7.42. The molecule has 3 amide bonds. The second-order valence-corrected chi connectivity index (χ2v) is 5.28. The van der Waals surface area contributed by atoms with Gasteiger partial charge in [-0.2, -0.15) is 13.2 Å². The third-order valence-electron chi connectivity index (χ3n) is 3.47. The lowest BCUT2D eigenvalue weighted by Gasteiger charge is -2.18.